The first kappa shape index (κ1) is 19.3. The first-order chi connectivity index (χ1) is 13.0. The quantitative estimate of drug-likeness (QED) is 0.581. The van der Waals surface area contributed by atoms with Crippen molar-refractivity contribution >= 4 is 17.1 Å². The first-order valence-corrected chi connectivity index (χ1v) is 9.19. The molecule has 0 aliphatic carbocycles. The highest BCUT2D eigenvalue weighted by atomic mass is 16.5. The lowest BCUT2D eigenvalue weighted by Gasteiger charge is -2.26. The van der Waals surface area contributed by atoms with Gasteiger partial charge in [-0.15, -0.1) is 0 Å². The molecule has 1 aliphatic rings. The zero-order valence-corrected chi connectivity index (χ0v) is 15.8. The third kappa shape index (κ3) is 4.45. The lowest BCUT2D eigenvalue weighted by atomic mass is 10.2. The molecule has 0 radical (unpaired) electrons. The number of rotatable bonds is 7. The van der Waals surface area contributed by atoms with Crippen LogP contribution in [-0.2, 0) is 30.0 Å². The van der Waals surface area contributed by atoms with Crippen LogP contribution >= 0.6 is 0 Å². The SMILES string of the molecule is Cn1c(=O)c2[nH]c(CCC(=O)NCCCN3CCOCC3)nc2n(C)c1=O. The van der Waals surface area contributed by atoms with Crippen LogP contribution in [0.3, 0.4) is 0 Å². The Balaban J connectivity index is 1.49. The number of imidazole rings is 1. The van der Waals surface area contributed by atoms with E-state index in [0.717, 1.165) is 43.8 Å². The molecule has 1 amide bonds. The fourth-order valence-electron chi connectivity index (χ4n) is 3.17. The number of aromatic amines is 1. The standard InChI is InChI=1S/C17H26N6O4/c1-21-15-14(16(25)22(2)17(21)26)19-12(20-15)4-5-13(24)18-6-3-7-23-8-10-27-11-9-23/h3-11H2,1-2H3,(H,18,24)(H,19,20). The Morgan fingerprint density at radius 3 is 2.70 bits per heavy atom. The van der Waals surface area contributed by atoms with Gasteiger partial charge in [0.2, 0.25) is 5.91 Å². The van der Waals surface area contributed by atoms with E-state index in [1.54, 1.807) is 7.05 Å². The van der Waals surface area contributed by atoms with Crippen LogP contribution in [0.15, 0.2) is 9.59 Å². The van der Waals surface area contributed by atoms with E-state index in [9.17, 15) is 14.4 Å². The van der Waals surface area contributed by atoms with Crippen LogP contribution in [0.5, 0.6) is 0 Å². The monoisotopic (exact) mass is 378 g/mol. The van der Waals surface area contributed by atoms with Gasteiger partial charge in [-0.2, -0.15) is 0 Å². The highest BCUT2D eigenvalue weighted by molar-refractivity contribution is 5.76. The van der Waals surface area contributed by atoms with Crippen molar-refractivity contribution in [2.75, 3.05) is 39.4 Å². The number of nitrogens with zero attached hydrogens (tertiary/aromatic N) is 4. The number of H-pyrrole nitrogens is 1. The van der Waals surface area contributed by atoms with Gasteiger partial charge in [0.25, 0.3) is 5.56 Å². The van der Waals surface area contributed by atoms with Crippen molar-refractivity contribution in [2.45, 2.75) is 19.3 Å². The summed E-state index contributed by atoms with van der Waals surface area (Å²) in [5.41, 5.74) is -0.257. The van der Waals surface area contributed by atoms with Crippen LogP contribution in [0.1, 0.15) is 18.7 Å². The topological polar surface area (TPSA) is 114 Å². The first-order valence-electron chi connectivity index (χ1n) is 9.19. The van der Waals surface area contributed by atoms with Crippen LogP contribution in [0, 0.1) is 0 Å². The van der Waals surface area contributed by atoms with Gasteiger partial charge in [0.1, 0.15) is 11.3 Å². The Morgan fingerprint density at radius 1 is 1.22 bits per heavy atom. The number of carbonyl (C=O) groups excluding carboxylic acids is 1. The van der Waals surface area contributed by atoms with Crippen LogP contribution in [0.2, 0.25) is 0 Å². The largest absolute Gasteiger partial charge is 0.379 e. The van der Waals surface area contributed by atoms with Crippen molar-refractivity contribution in [3.8, 4) is 0 Å². The van der Waals surface area contributed by atoms with Gasteiger partial charge < -0.3 is 15.0 Å². The molecule has 0 unspecified atom stereocenters. The van der Waals surface area contributed by atoms with E-state index in [0.29, 0.717) is 24.4 Å². The molecule has 1 aliphatic heterocycles. The average molecular weight is 378 g/mol. The minimum Gasteiger partial charge on any atom is -0.379 e. The maximum atomic E-state index is 12.1. The average Bonchev–Trinajstić information content (AvgIpc) is 3.12. The number of fused-ring (bicyclic) bond motifs is 1. The molecule has 1 saturated heterocycles. The molecule has 2 aromatic heterocycles. The second-order valence-electron chi connectivity index (χ2n) is 6.75. The van der Waals surface area contributed by atoms with Gasteiger partial charge in [-0.05, 0) is 13.0 Å². The smallest absolute Gasteiger partial charge is 0.332 e. The number of amides is 1. The minimum atomic E-state index is -0.427. The van der Waals surface area contributed by atoms with E-state index in [2.05, 4.69) is 20.2 Å². The Kier molecular flexibility index (Phi) is 6.07. The summed E-state index contributed by atoms with van der Waals surface area (Å²) >= 11 is 0. The summed E-state index contributed by atoms with van der Waals surface area (Å²) in [7, 11) is 2.99. The van der Waals surface area contributed by atoms with E-state index >= 15 is 0 Å². The molecule has 10 nitrogen and oxygen atoms in total. The zero-order chi connectivity index (χ0) is 19.4. The van der Waals surface area contributed by atoms with Crippen LogP contribution in [-0.4, -0.2) is 69.3 Å². The molecule has 148 valence electrons. The fraction of sp³-hybridized carbons (Fsp3) is 0.647. The van der Waals surface area contributed by atoms with E-state index in [4.69, 9.17) is 4.74 Å². The summed E-state index contributed by atoms with van der Waals surface area (Å²) in [6.07, 6.45) is 1.54. The lowest BCUT2D eigenvalue weighted by molar-refractivity contribution is -0.121. The van der Waals surface area contributed by atoms with Crippen LogP contribution in [0.25, 0.3) is 11.2 Å². The number of carbonyl (C=O) groups is 1. The predicted molar refractivity (Wildman–Crippen MR) is 99.8 cm³/mol. The summed E-state index contributed by atoms with van der Waals surface area (Å²) in [4.78, 5) is 45.7. The second kappa shape index (κ2) is 8.49. The summed E-state index contributed by atoms with van der Waals surface area (Å²) in [5, 5.41) is 2.91. The number of ether oxygens (including phenoxy) is 1. The van der Waals surface area contributed by atoms with E-state index in [1.807, 2.05) is 0 Å². The van der Waals surface area contributed by atoms with Crippen molar-refractivity contribution in [1.82, 2.24) is 29.3 Å². The molecular formula is C17H26N6O4. The van der Waals surface area contributed by atoms with Crippen molar-refractivity contribution in [3.05, 3.63) is 26.7 Å². The van der Waals surface area contributed by atoms with Crippen LogP contribution in [0.4, 0.5) is 0 Å². The van der Waals surface area contributed by atoms with E-state index < -0.39 is 11.2 Å². The summed E-state index contributed by atoms with van der Waals surface area (Å²) in [6, 6.07) is 0. The predicted octanol–water partition coefficient (Wildman–Crippen LogP) is -1.27. The van der Waals surface area contributed by atoms with Crippen molar-refractivity contribution in [2.24, 2.45) is 14.1 Å². The molecule has 0 spiro atoms. The molecule has 2 N–H and O–H groups in total. The molecule has 3 rings (SSSR count). The van der Waals surface area contributed by atoms with Crippen molar-refractivity contribution in [3.63, 3.8) is 0 Å². The van der Waals surface area contributed by atoms with E-state index in [1.165, 1.54) is 11.6 Å². The number of hydrogen-bond donors (Lipinski definition) is 2. The maximum Gasteiger partial charge on any atom is 0.332 e. The number of morpholine rings is 1. The summed E-state index contributed by atoms with van der Waals surface area (Å²) < 4.78 is 7.66. The molecular weight excluding hydrogens is 352 g/mol. The van der Waals surface area contributed by atoms with Crippen molar-refractivity contribution < 1.29 is 9.53 Å². The zero-order valence-electron chi connectivity index (χ0n) is 15.8. The van der Waals surface area contributed by atoms with Gasteiger partial charge >= 0.3 is 5.69 Å². The Bertz CT molecular complexity index is 922. The third-order valence-corrected chi connectivity index (χ3v) is 4.81. The molecule has 10 heteroatoms. The summed E-state index contributed by atoms with van der Waals surface area (Å²) in [5.74, 6) is 0.464. The molecule has 0 atom stereocenters. The maximum absolute atomic E-state index is 12.1. The number of aryl methyl sites for hydroxylation is 2. The molecule has 0 aromatic carbocycles. The molecule has 27 heavy (non-hydrogen) atoms. The van der Waals surface area contributed by atoms with Crippen LogP contribution < -0.4 is 16.6 Å². The number of hydrogen-bond acceptors (Lipinski definition) is 6. The van der Waals surface area contributed by atoms with Gasteiger partial charge in [0.15, 0.2) is 5.65 Å². The van der Waals surface area contributed by atoms with Gasteiger partial charge in [-0.1, -0.05) is 0 Å². The highest BCUT2D eigenvalue weighted by Crippen LogP contribution is 2.06. The molecule has 0 saturated carbocycles. The van der Waals surface area contributed by atoms with Gasteiger partial charge in [0.05, 0.1) is 13.2 Å². The van der Waals surface area contributed by atoms with Gasteiger partial charge in [0, 0.05) is 46.6 Å². The Labute approximate surface area is 156 Å². The molecule has 0 bridgehead atoms. The number of aromatic nitrogens is 4. The molecule has 3 heterocycles. The number of nitrogens with one attached hydrogen (secondary N) is 2. The second-order valence-corrected chi connectivity index (χ2v) is 6.75. The minimum absolute atomic E-state index is 0.0563. The normalized spacial score (nSPS) is 15.3. The fourth-order valence-corrected chi connectivity index (χ4v) is 3.17. The van der Waals surface area contributed by atoms with Gasteiger partial charge in [-0.3, -0.25) is 23.6 Å². The summed E-state index contributed by atoms with van der Waals surface area (Å²) in [6.45, 7) is 5.02. The lowest BCUT2D eigenvalue weighted by Crippen LogP contribution is -2.38. The Morgan fingerprint density at radius 2 is 1.96 bits per heavy atom. The Hall–Kier alpha value is -2.46. The molecule has 2 aromatic rings. The molecule has 1 fully saturated rings. The third-order valence-electron chi connectivity index (χ3n) is 4.81. The highest BCUT2D eigenvalue weighted by Gasteiger charge is 2.14. The van der Waals surface area contributed by atoms with E-state index in [-0.39, 0.29) is 17.8 Å². The van der Waals surface area contributed by atoms with Crippen molar-refractivity contribution in [1.29, 1.82) is 0 Å². The van der Waals surface area contributed by atoms with Gasteiger partial charge in [-0.25, -0.2) is 9.78 Å².